The number of ether oxygens (including phenoxy) is 1. The Morgan fingerprint density at radius 1 is 1.53 bits per heavy atom. The first-order valence-electron chi connectivity index (χ1n) is 5.77. The number of fused-ring (bicyclic) bond motifs is 1. The number of esters is 1. The molecular weight excluding hydrogens is 234 g/mol. The topological polar surface area (TPSA) is 38.3 Å². The third-order valence-electron chi connectivity index (χ3n) is 2.92. The molecular formula is C13H17NO2S. The molecule has 0 radical (unpaired) electrons. The van der Waals surface area contributed by atoms with E-state index in [4.69, 9.17) is 0 Å². The van der Waals surface area contributed by atoms with Crippen LogP contribution in [0, 0.1) is 0 Å². The van der Waals surface area contributed by atoms with Crippen LogP contribution in [0.15, 0.2) is 24.3 Å². The zero-order valence-electron chi connectivity index (χ0n) is 9.94. The summed E-state index contributed by atoms with van der Waals surface area (Å²) in [6.07, 6.45) is 0.430. The molecule has 0 amide bonds. The normalized spacial score (nSPS) is 18.5. The predicted octanol–water partition coefficient (Wildman–Crippen LogP) is 2.13. The van der Waals surface area contributed by atoms with Crippen LogP contribution in [0.4, 0.5) is 0 Å². The molecule has 0 bridgehead atoms. The first-order valence-corrected chi connectivity index (χ1v) is 6.92. The average molecular weight is 251 g/mol. The van der Waals surface area contributed by atoms with Gasteiger partial charge in [0.25, 0.3) is 0 Å². The number of rotatable bonds is 4. The molecule has 0 saturated heterocycles. The van der Waals surface area contributed by atoms with E-state index < -0.39 is 0 Å². The molecule has 4 heteroatoms. The van der Waals surface area contributed by atoms with E-state index in [9.17, 15) is 4.79 Å². The van der Waals surface area contributed by atoms with Crippen LogP contribution in [-0.4, -0.2) is 25.4 Å². The van der Waals surface area contributed by atoms with E-state index in [0.717, 1.165) is 11.5 Å². The van der Waals surface area contributed by atoms with Crippen LogP contribution < -0.4 is 5.32 Å². The van der Waals surface area contributed by atoms with Crippen molar-refractivity contribution in [1.82, 2.24) is 5.32 Å². The van der Waals surface area contributed by atoms with Gasteiger partial charge in [-0.25, -0.2) is 0 Å². The molecule has 0 fully saturated rings. The first kappa shape index (κ1) is 12.5. The number of carbonyl (C=O) groups is 1. The van der Waals surface area contributed by atoms with Crippen molar-refractivity contribution >= 4 is 17.7 Å². The standard InChI is InChI=1S/C13H17NO2S/c1-16-13(15)6-7-14-12-9-17-8-10-4-2-3-5-11(10)12/h2-5,12,14H,6-9H2,1H3. The van der Waals surface area contributed by atoms with Gasteiger partial charge in [-0.1, -0.05) is 24.3 Å². The molecule has 0 aromatic heterocycles. The number of benzene rings is 1. The van der Waals surface area contributed by atoms with Gasteiger partial charge in [-0.2, -0.15) is 11.8 Å². The highest BCUT2D eigenvalue weighted by Gasteiger charge is 2.19. The fourth-order valence-electron chi connectivity index (χ4n) is 2.00. The second-order valence-electron chi connectivity index (χ2n) is 4.05. The highest BCUT2D eigenvalue weighted by atomic mass is 32.2. The molecule has 1 heterocycles. The van der Waals surface area contributed by atoms with Crippen molar-refractivity contribution in [1.29, 1.82) is 0 Å². The molecule has 0 spiro atoms. The molecule has 1 aliphatic heterocycles. The number of hydrogen-bond donors (Lipinski definition) is 1. The number of hydrogen-bond acceptors (Lipinski definition) is 4. The number of methoxy groups -OCH3 is 1. The van der Waals surface area contributed by atoms with Crippen LogP contribution in [0.25, 0.3) is 0 Å². The maximum atomic E-state index is 11.0. The average Bonchev–Trinajstić information content (AvgIpc) is 2.39. The molecule has 0 aliphatic carbocycles. The van der Waals surface area contributed by atoms with Gasteiger partial charge in [0.2, 0.25) is 0 Å². The summed E-state index contributed by atoms with van der Waals surface area (Å²) in [5, 5.41) is 3.42. The van der Waals surface area contributed by atoms with Crippen LogP contribution in [0.2, 0.25) is 0 Å². The minimum absolute atomic E-state index is 0.158. The Balaban J connectivity index is 1.92. The summed E-state index contributed by atoms with van der Waals surface area (Å²) in [4.78, 5) is 11.0. The Labute approximate surface area is 106 Å². The third-order valence-corrected chi connectivity index (χ3v) is 4.00. The van der Waals surface area contributed by atoms with Crippen molar-refractivity contribution in [2.24, 2.45) is 0 Å². The second kappa shape index (κ2) is 6.07. The van der Waals surface area contributed by atoms with E-state index >= 15 is 0 Å². The monoisotopic (exact) mass is 251 g/mol. The molecule has 2 rings (SSSR count). The van der Waals surface area contributed by atoms with Crippen LogP contribution in [0.3, 0.4) is 0 Å². The van der Waals surface area contributed by atoms with Gasteiger partial charge in [0, 0.05) is 24.1 Å². The predicted molar refractivity (Wildman–Crippen MR) is 70.0 cm³/mol. The van der Waals surface area contributed by atoms with Crippen molar-refractivity contribution in [2.75, 3.05) is 19.4 Å². The fraction of sp³-hybridized carbons (Fsp3) is 0.462. The highest BCUT2D eigenvalue weighted by Crippen LogP contribution is 2.31. The third kappa shape index (κ3) is 3.23. The molecule has 1 atom stereocenters. The molecule has 17 heavy (non-hydrogen) atoms. The lowest BCUT2D eigenvalue weighted by molar-refractivity contribution is -0.140. The maximum absolute atomic E-state index is 11.0. The molecule has 92 valence electrons. The second-order valence-corrected chi connectivity index (χ2v) is 5.08. The van der Waals surface area contributed by atoms with Crippen molar-refractivity contribution < 1.29 is 9.53 Å². The quantitative estimate of drug-likeness (QED) is 0.832. The minimum atomic E-state index is -0.158. The lowest BCUT2D eigenvalue weighted by atomic mass is 10.0. The van der Waals surface area contributed by atoms with E-state index in [1.165, 1.54) is 18.2 Å². The lowest BCUT2D eigenvalue weighted by Gasteiger charge is -2.26. The van der Waals surface area contributed by atoms with Gasteiger partial charge >= 0.3 is 5.97 Å². The largest absolute Gasteiger partial charge is 0.469 e. The van der Waals surface area contributed by atoms with E-state index in [1.54, 1.807) is 0 Å². The summed E-state index contributed by atoms with van der Waals surface area (Å²) in [7, 11) is 1.42. The Morgan fingerprint density at radius 2 is 2.35 bits per heavy atom. The summed E-state index contributed by atoms with van der Waals surface area (Å²) in [5.41, 5.74) is 2.77. The molecule has 1 aromatic rings. The van der Waals surface area contributed by atoms with Gasteiger partial charge in [-0.05, 0) is 11.1 Å². The molecule has 0 saturated carbocycles. The molecule has 1 aromatic carbocycles. The maximum Gasteiger partial charge on any atom is 0.306 e. The van der Waals surface area contributed by atoms with E-state index in [-0.39, 0.29) is 5.97 Å². The molecule has 1 unspecified atom stereocenters. The van der Waals surface area contributed by atoms with Gasteiger partial charge in [0.05, 0.1) is 13.5 Å². The zero-order chi connectivity index (χ0) is 12.1. The Hall–Kier alpha value is -1.00. The SMILES string of the molecule is COC(=O)CCNC1CSCc2ccccc21. The van der Waals surface area contributed by atoms with Crippen LogP contribution in [0.5, 0.6) is 0 Å². The van der Waals surface area contributed by atoms with Crippen LogP contribution in [0.1, 0.15) is 23.6 Å². The Morgan fingerprint density at radius 3 is 3.18 bits per heavy atom. The zero-order valence-corrected chi connectivity index (χ0v) is 10.8. The van der Waals surface area contributed by atoms with Gasteiger partial charge < -0.3 is 10.1 Å². The summed E-state index contributed by atoms with van der Waals surface area (Å²) in [6.45, 7) is 0.673. The van der Waals surface area contributed by atoms with Gasteiger partial charge in [-0.3, -0.25) is 4.79 Å². The first-order chi connectivity index (χ1) is 8.31. The van der Waals surface area contributed by atoms with Gasteiger partial charge in [0.15, 0.2) is 0 Å². The van der Waals surface area contributed by atoms with Crippen molar-refractivity contribution in [2.45, 2.75) is 18.2 Å². The Kier molecular flexibility index (Phi) is 4.45. The number of carbonyl (C=O) groups excluding carboxylic acids is 1. The van der Waals surface area contributed by atoms with Crippen molar-refractivity contribution in [3.63, 3.8) is 0 Å². The molecule has 3 nitrogen and oxygen atoms in total. The summed E-state index contributed by atoms with van der Waals surface area (Å²) in [6, 6.07) is 8.86. The van der Waals surface area contributed by atoms with Gasteiger partial charge in [0.1, 0.15) is 0 Å². The van der Waals surface area contributed by atoms with E-state index in [1.807, 2.05) is 11.8 Å². The van der Waals surface area contributed by atoms with Crippen LogP contribution >= 0.6 is 11.8 Å². The van der Waals surface area contributed by atoms with E-state index in [2.05, 4.69) is 34.3 Å². The fourth-order valence-corrected chi connectivity index (χ4v) is 3.14. The summed E-state index contributed by atoms with van der Waals surface area (Å²) < 4.78 is 4.62. The minimum Gasteiger partial charge on any atom is -0.469 e. The van der Waals surface area contributed by atoms with Crippen LogP contribution in [-0.2, 0) is 15.3 Å². The summed E-state index contributed by atoms with van der Waals surface area (Å²) >= 11 is 1.93. The smallest absolute Gasteiger partial charge is 0.306 e. The Bertz CT molecular complexity index is 395. The lowest BCUT2D eigenvalue weighted by Crippen LogP contribution is -2.28. The van der Waals surface area contributed by atoms with Gasteiger partial charge in [-0.15, -0.1) is 0 Å². The number of thioether (sulfide) groups is 1. The highest BCUT2D eigenvalue weighted by molar-refractivity contribution is 7.98. The molecule has 1 N–H and O–H groups in total. The van der Waals surface area contributed by atoms with Crippen molar-refractivity contribution in [3.8, 4) is 0 Å². The van der Waals surface area contributed by atoms with E-state index in [0.29, 0.717) is 19.0 Å². The molecule has 1 aliphatic rings. The van der Waals surface area contributed by atoms with Crippen molar-refractivity contribution in [3.05, 3.63) is 35.4 Å². The number of nitrogens with one attached hydrogen (secondary N) is 1. The summed E-state index contributed by atoms with van der Waals surface area (Å²) in [5.74, 6) is 2.00.